The van der Waals surface area contributed by atoms with Crippen LogP contribution in [0, 0.1) is 0 Å². The highest BCUT2D eigenvalue weighted by molar-refractivity contribution is 6.43. The Morgan fingerprint density at radius 1 is 1.08 bits per heavy atom. The van der Waals surface area contributed by atoms with Crippen LogP contribution in [0.4, 0.5) is 5.69 Å². The summed E-state index contributed by atoms with van der Waals surface area (Å²) in [6.45, 7) is 4.00. The highest BCUT2D eigenvalue weighted by Gasteiger charge is 2.04. The molecule has 0 aliphatic carbocycles. The predicted molar refractivity (Wildman–Crippen MR) is 62.1 cm³/mol. The molecule has 0 radical (unpaired) electrons. The Bertz CT molecular complexity index is 259. The quantitative estimate of drug-likeness (QED) is 0.689. The van der Waals surface area contributed by atoms with Crippen molar-refractivity contribution in [2.45, 2.75) is 13.8 Å². The smallest absolute Gasteiger partial charge is 0.0825 e. The Balaban J connectivity index is 0.000000671. The van der Waals surface area contributed by atoms with Gasteiger partial charge in [-0.15, -0.1) is 0 Å². The highest BCUT2D eigenvalue weighted by Crippen LogP contribution is 2.30. The Morgan fingerprint density at radius 3 is 2.00 bits per heavy atom. The van der Waals surface area contributed by atoms with Crippen molar-refractivity contribution in [3.05, 3.63) is 28.2 Å². The average molecular weight is 220 g/mol. The van der Waals surface area contributed by atoms with Gasteiger partial charge in [0.25, 0.3) is 0 Å². The fraction of sp³-hybridized carbons (Fsp3) is 0.400. The summed E-state index contributed by atoms with van der Waals surface area (Å²) in [5.41, 5.74) is 0.944. The van der Waals surface area contributed by atoms with Crippen LogP contribution in [0.2, 0.25) is 10.0 Å². The SMILES string of the molecule is CC.CN(C)c1cccc(Cl)c1Cl. The van der Waals surface area contributed by atoms with Crippen LogP contribution >= 0.6 is 23.2 Å². The molecular weight excluding hydrogens is 205 g/mol. The minimum absolute atomic E-state index is 0.595. The molecule has 0 saturated heterocycles. The highest BCUT2D eigenvalue weighted by atomic mass is 35.5. The van der Waals surface area contributed by atoms with Gasteiger partial charge in [-0.3, -0.25) is 0 Å². The molecule has 0 saturated carbocycles. The van der Waals surface area contributed by atoms with Crippen molar-refractivity contribution in [1.29, 1.82) is 0 Å². The van der Waals surface area contributed by atoms with Gasteiger partial charge >= 0.3 is 0 Å². The first-order chi connectivity index (χ1) is 6.13. The minimum Gasteiger partial charge on any atom is -0.376 e. The van der Waals surface area contributed by atoms with Gasteiger partial charge in [0.2, 0.25) is 0 Å². The van der Waals surface area contributed by atoms with Crippen molar-refractivity contribution in [2.75, 3.05) is 19.0 Å². The first-order valence-corrected chi connectivity index (χ1v) is 5.00. The van der Waals surface area contributed by atoms with Crippen molar-refractivity contribution >= 4 is 28.9 Å². The molecule has 0 heterocycles. The predicted octanol–water partition coefficient (Wildman–Crippen LogP) is 4.09. The van der Waals surface area contributed by atoms with E-state index in [2.05, 4.69) is 0 Å². The van der Waals surface area contributed by atoms with Crippen LogP contribution in [0.3, 0.4) is 0 Å². The molecule has 0 N–H and O–H groups in total. The molecule has 0 fully saturated rings. The zero-order valence-corrected chi connectivity index (χ0v) is 9.95. The largest absolute Gasteiger partial charge is 0.376 e. The lowest BCUT2D eigenvalue weighted by Gasteiger charge is -2.14. The average Bonchev–Trinajstić information content (AvgIpc) is 2.13. The number of benzene rings is 1. The van der Waals surface area contributed by atoms with Crippen LogP contribution in [-0.4, -0.2) is 14.1 Å². The van der Waals surface area contributed by atoms with Crippen molar-refractivity contribution in [1.82, 2.24) is 0 Å². The van der Waals surface area contributed by atoms with E-state index in [0.717, 1.165) is 5.69 Å². The molecular formula is C10H15Cl2N. The lowest BCUT2D eigenvalue weighted by Crippen LogP contribution is -2.08. The maximum absolute atomic E-state index is 5.91. The fourth-order valence-corrected chi connectivity index (χ4v) is 1.30. The molecule has 0 unspecified atom stereocenters. The summed E-state index contributed by atoms with van der Waals surface area (Å²) in [5, 5.41) is 1.21. The van der Waals surface area contributed by atoms with Gasteiger partial charge in [-0.05, 0) is 12.1 Å². The summed E-state index contributed by atoms with van der Waals surface area (Å²) in [6.07, 6.45) is 0. The van der Waals surface area contributed by atoms with E-state index in [-0.39, 0.29) is 0 Å². The minimum atomic E-state index is 0.595. The van der Waals surface area contributed by atoms with Crippen LogP contribution in [0.1, 0.15) is 13.8 Å². The third kappa shape index (κ3) is 3.45. The van der Waals surface area contributed by atoms with Gasteiger partial charge < -0.3 is 4.90 Å². The number of hydrogen-bond acceptors (Lipinski definition) is 1. The Kier molecular flexibility index (Phi) is 5.93. The molecule has 0 aliphatic rings. The molecule has 74 valence electrons. The third-order valence-corrected chi connectivity index (χ3v) is 2.22. The van der Waals surface area contributed by atoms with Crippen molar-refractivity contribution in [2.24, 2.45) is 0 Å². The summed E-state index contributed by atoms with van der Waals surface area (Å²) in [5.74, 6) is 0. The fourth-order valence-electron chi connectivity index (χ4n) is 0.838. The summed E-state index contributed by atoms with van der Waals surface area (Å²) in [7, 11) is 3.86. The van der Waals surface area contributed by atoms with E-state index in [1.165, 1.54) is 0 Å². The molecule has 0 bridgehead atoms. The second kappa shape index (κ2) is 6.11. The second-order valence-corrected chi connectivity index (χ2v) is 3.25. The van der Waals surface area contributed by atoms with Gasteiger partial charge in [0, 0.05) is 14.1 Å². The van der Waals surface area contributed by atoms with Crippen LogP contribution in [0.25, 0.3) is 0 Å². The Morgan fingerprint density at radius 2 is 1.62 bits per heavy atom. The summed E-state index contributed by atoms with van der Waals surface area (Å²) < 4.78 is 0. The third-order valence-electron chi connectivity index (χ3n) is 1.41. The molecule has 1 aromatic rings. The summed E-state index contributed by atoms with van der Waals surface area (Å²) in [4.78, 5) is 1.92. The van der Waals surface area contributed by atoms with Crippen LogP contribution in [-0.2, 0) is 0 Å². The molecule has 3 heteroatoms. The van der Waals surface area contributed by atoms with Crippen molar-refractivity contribution in [3.63, 3.8) is 0 Å². The number of hydrogen-bond donors (Lipinski definition) is 0. The molecule has 0 atom stereocenters. The molecule has 0 spiro atoms. The normalized spacial score (nSPS) is 8.77. The van der Waals surface area contributed by atoms with Gasteiger partial charge in [-0.1, -0.05) is 43.1 Å². The standard InChI is InChI=1S/C8H9Cl2N.C2H6/c1-11(2)7-5-3-4-6(9)8(7)10;1-2/h3-5H,1-2H3;1-2H3. The number of halogens is 2. The van der Waals surface area contributed by atoms with Crippen molar-refractivity contribution < 1.29 is 0 Å². The summed E-state index contributed by atoms with van der Waals surface area (Å²) in [6, 6.07) is 5.58. The van der Waals surface area contributed by atoms with Gasteiger partial charge in [0.1, 0.15) is 0 Å². The maximum atomic E-state index is 5.91. The van der Waals surface area contributed by atoms with E-state index in [0.29, 0.717) is 10.0 Å². The second-order valence-electron chi connectivity index (χ2n) is 2.47. The van der Waals surface area contributed by atoms with E-state index >= 15 is 0 Å². The zero-order chi connectivity index (χ0) is 10.4. The van der Waals surface area contributed by atoms with E-state index in [1.807, 2.05) is 45.0 Å². The first kappa shape index (κ1) is 12.6. The van der Waals surface area contributed by atoms with E-state index in [1.54, 1.807) is 6.07 Å². The lowest BCUT2D eigenvalue weighted by atomic mass is 10.3. The number of rotatable bonds is 1. The monoisotopic (exact) mass is 219 g/mol. The van der Waals surface area contributed by atoms with Gasteiger partial charge in [0.05, 0.1) is 15.7 Å². The van der Waals surface area contributed by atoms with Gasteiger partial charge in [-0.25, -0.2) is 0 Å². The molecule has 1 rings (SSSR count). The Hall–Kier alpha value is -0.400. The van der Waals surface area contributed by atoms with Crippen LogP contribution in [0.5, 0.6) is 0 Å². The van der Waals surface area contributed by atoms with Crippen LogP contribution in [0.15, 0.2) is 18.2 Å². The zero-order valence-electron chi connectivity index (χ0n) is 8.44. The van der Waals surface area contributed by atoms with Crippen molar-refractivity contribution in [3.8, 4) is 0 Å². The molecule has 1 nitrogen and oxygen atoms in total. The molecule has 13 heavy (non-hydrogen) atoms. The Labute approximate surface area is 90.3 Å². The summed E-state index contributed by atoms with van der Waals surface area (Å²) >= 11 is 11.7. The lowest BCUT2D eigenvalue weighted by molar-refractivity contribution is 1.13. The maximum Gasteiger partial charge on any atom is 0.0825 e. The topological polar surface area (TPSA) is 3.24 Å². The number of anilines is 1. The van der Waals surface area contributed by atoms with Gasteiger partial charge in [-0.2, -0.15) is 0 Å². The van der Waals surface area contributed by atoms with E-state index < -0.39 is 0 Å². The van der Waals surface area contributed by atoms with Crippen LogP contribution < -0.4 is 4.90 Å². The number of nitrogens with zero attached hydrogens (tertiary/aromatic N) is 1. The molecule has 0 aliphatic heterocycles. The molecule has 1 aromatic carbocycles. The van der Waals surface area contributed by atoms with E-state index in [4.69, 9.17) is 23.2 Å². The first-order valence-electron chi connectivity index (χ1n) is 4.24. The van der Waals surface area contributed by atoms with Gasteiger partial charge in [0.15, 0.2) is 0 Å². The molecule has 0 amide bonds. The molecule has 0 aromatic heterocycles. The van der Waals surface area contributed by atoms with E-state index in [9.17, 15) is 0 Å².